The van der Waals surface area contributed by atoms with E-state index < -0.39 is 12.1 Å². The monoisotopic (exact) mass is 880 g/mol. The zero-order valence-electron chi connectivity index (χ0n) is 36.5. The number of rotatable bonds is 17. The standard InChI is InChI=1S/C38H43N7O5S2.C8H13NO/c1-24(2)50-38(48)44(4)30-16-29(19-39-21-30)26-11-12-31-34(18-26)52-37(43-31)40-13-5-6-15-49-33-17-27(35-25(3)42-22-51-35)9-10-28(33)20-41-36(47)32-8-7-14-45(32)23-46;1-6(2)4-8-5-7(3)9-10-8/h9-12,16-19,21-24,32H,5-8,13-15,20H2,1-4H3,(H,40,43)(H,41,47);5-6H,4H2,1-3H3. The number of anilines is 2. The van der Waals surface area contributed by atoms with Crippen molar-refractivity contribution >= 4 is 62.1 Å². The normalized spacial score (nSPS) is 13.6. The van der Waals surface area contributed by atoms with Gasteiger partial charge in [0.15, 0.2) is 5.13 Å². The van der Waals surface area contributed by atoms with Gasteiger partial charge in [0, 0.05) is 56.5 Å². The summed E-state index contributed by atoms with van der Waals surface area (Å²) in [4.78, 5) is 54.3. The molecule has 62 heavy (non-hydrogen) atoms. The highest BCUT2D eigenvalue weighted by Crippen LogP contribution is 2.34. The number of amides is 3. The van der Waals surface area contributed by atoms with Crippen LogP contribution in [0.4, 0.5) is 15.6 Å². The number of benzene rings is 2. The van der Waals surface area contributed by atoms with Gasteiger partial charge in [0.25, 0.3) is 0 Å². The fourth-order valence-corrected chi connectivity index (χ4v) is 8.64. The van der Waals surface area contributed by atoms with Crippen LogP contribution >= 0.6 is 22.7 Å². The molecule has 2 N–H and O–H groups in total. The number of aryl methyl sites for hydroxylation is 2. The number of fused-ring (bicyclic) bond motifs is 1. The van der Waals surface area contributed by atoms with Crippen molar-refractivity contribution in [1.29, 1.82) is 0 Å². The number of thiazole rings is 2. The topological polar surface area (TPSA) is 165 Å². The lowest BCUT2D eigenvalue weighted by atomic mass is 10.1. The van der Waals surface area contributed by atoms with Gasteiger partial charge in [-0.25, -0.2) is 14.8 Å². The smallest absolute Gasteiger partial charge is 0.414 e. The Balaban J connectivity index is 0.000000564. The van der Waals surface area contributed by atoms with Crippen LogP contribution in [0.15, 0.2) is 71.0 Å². The van der Waals surface area contributed by atoms with Crippen molar-refractivity contribution in [1.82, 2.24) is 30.3 Å². The van der Waals surface area contributed by atoms with E-state index >= 15 is 0 Å². The summed E-state index contributed by atoms with van der Waals surface area (Å²) in [6.07, 6.45) is 7.72. The molecule has 3 amide bonds. The molecule has 1 aliphatic heterocycles. The van der Waals surface area contributed by atoms with Crippen LogP contribution in [-0.2, 0) is 27.3 Å². The van der Waals surface area contributed by atoms with Crippen molar-refractivity contribution in [2.75, 3.05) is 37.0 Å². The number of hydrogen-bond donors (Lipinski definition) is 2. The summed E-state index contributed by atoms with van der Waals surface area (Å²) in [5, 5.41) is 11.1. The molecule has 2 aromatic carbocycles. The first-order chi connectivity index (χ1) is 29.9. The number of ether oxygens (including phenoxy) is 2. The second kappa shape index (κ2) is 21.8. The van der Waals surface area contributed by atoms with Gasteiger partial charge in [-0.15, -0.1) is 11.3 Å². The lowest BCUT2D eigenvalue weighted by molar-refractivity contribution is -0.131. The molecule has 6 aromatic rings. The number of nitrogens with zero attached hydrogens (tertiary/aromatic N) is 6. The Kier molecular flexibility index (Phi) is 16.0. The molecule has 14 nitrogen and oxygen atoms in total. The molecular formula is C46H56N8O6S2. The van der Waals surface area contributed by atoms with E-state index in [1.54, 1.807) is 47.0 Å². The first-order valence-electron chi connectivity index (χ1n) is 21.0. The van der Waals surface area contributed by atoms with E-state index in [0.717, 1.165) is 104 Å². The molecule has 0 aliphatic carbocycles. The molecule has 1 fully saturated rings. The Morgan fingerprint density at radius 2 is 1.85 bits per heavy atom. The summed E-state index contributed by atoms with van der Waals surface area (Å²) in [5.74, 6) is 2.22. The van der Waals surface area contributed by atoms with E-state index in [4.69, 9.17) is 19.0 Å². The highest BCUT2D eigenvalue weighted by atomic mass is 32.1. The van der Waals surface area contributed by atoms with E-state index in [0.29, 0.717) is 37.7 Å². The fourth-order valence-electron chi connectivity index (χ4n) is 6.91. The maximum atomic E-state index is 12.9. The van der Waals surface area contributed by atoms with Gasteiger partial charge in [0.1, 0.15) is 17.6 Å². The van der Waals surface area contributed by atoms with E-state index in [-0.39, 0.29) is 12.0 Å². The molecule has 1 saturated heterocycles. The van der Waals surface area contributed by atoms with Crippen LogP contribution in [0.2, 0.25) is 0 Å². The van der Waals surface area contributed by atoms with Crippen LogP contribution in [0.3, 0.4) is 0 Å². The summed E-state index contributed by atoms with van der Waals surface area (Å²) in [7, 11) is 1.67. The number of pyridine rings is 1. The zero-order valence-corrected chi connectivity index (χ0v) is 38.1. The van der Waals surface area contributed by atoms with Gasteiger partial charge < -0.3 is 29.5 Å². The van der Waals surface area contributed by atoms with Crippen molar-refractivity contribution in [3.8, 4) is 27.3 Å². The minimum Gasteiger partial charge on any atom is -0.493 e. The Morgan fingerprint density at radius 3 is 2.58 bits per heavy atom. The molecule has 1 atom stereocenters. The lowest BCUT2D eigenvalue weighted by Crippen LogP contribution is -2.42. The third-order valence-corrected chi connectivity index (χ3v) is 12.0. The Morgan fingerprint density at radius 1 is 1.03 bits per heavy atom. The van der Waals surface area contributed by atoms with Crippen molar-refractivity contribution in [3.05, 3.63) is 89.1 Å². The summed E-state index contributed by atoms with van der Waals surface area (Å²) >= 11 is 3.18. The van der Waals surface area contributed by atoms with E-state index in [1.807, 2.05) is 75.7 Å². The lowest BCUT2D eigenvalue weighted by Gasteiger charge is -2.20. The van der Waals surface area contributed by atoms with Gasteiger partial charge >= 0.3 is 6.09 Å². The van der Waals surface area contributed by atoms with Crippen LogP contribution in [-0.4, -0.2) is 82.3 Å². The van der Waals surface area contributed by atoms with Crippen molar-refractivity contribution in [3.63, 3.8) is 0 Å². The van der Waals surface area contributed by atoms with Gasteiger partial charge in [0.05, 0.1) is 56.6 Å². The minimum absolute atomic E-state index is 0.144. The largest absolute Gasteiger partial charge is 0.493 e. The Hall–Kier alpha value is -5.87. The zero-order chi connectivity index (χ0) is 44.2. The maximum Gasteiger partial charge on any atom is 0.414 e. The predicted octanol–water partition coefficient (Wildman–Crippen LogP) is 9.46. The van der Waals surface area contributed by atoms with Gasteiger partial charge in [-0.1, -0.05) is 48.5 Å². The number of carbonyl (C=O) groups is 3. The van der Waals surface area contributed by atoms with Gasteiger partial charge in [-0.3, -0.25) is 19.5 Å². The maximum absolute atomic E-state index is 12.9. The molecule has 1 aliphatic rings. The van der Waals surface area contributed by atoms with Crippen LogP contribution < -0.4 is 20.3 Å². The molecule has 0 bridgehead atoms. The molecule has 16 heteroatoms. The van der Waals surface area contributed by atoms with Crippen LogP contribution in [0.25, 0.3) is 31.8 Å². The third kappa shape index (κ3) is 12.4. The summed E-state index contributed by atoms with van der Waals surface area (Å²) < 4.78 is 17.7. The molecule has 4 aromatic heterocycles. The number of carbonyl (C=O) groups excluding carboxylic acids is 3. The Labute approximate surface area is 371 Å². The SMILES string of the molecule is Cc1cc(CC(C)C)on1.Cc1ncsc1-c1ccc(CNC(=O)C2CCCN2C=O)c(OCCCCNc2nc3ccc(-c4cncc(N(C)C(=O)OC(C)C)c4)cc3s2)c1. The molecule has 0 saturated carbocycles. The van der Waals surface area contributed by atoms with E-state index in [9.17, 15) is 14.4 Å². The molecule has 5 heterocycles. The second-order valence-corrected chi connectivity index (χ2v) is 17.8. The van der Waals surface area contributed by atoms with Crippen LogP contribution in [0.1, 0.15) is 76.1 Å². The molecular weight excluding hydrogens is 825 g/mol. The van der Waals surface area contributed by atoms with Crippen LogP contribution in [0, 0.1) is 19.8 Å². The Bertz CT molecular complexity index is 2430. The fraction of sp³-hybridized carbons (Fsp3) is 0.413. The number of aromatic nitrogens is 4. The molecule has 0 spiro atoms. The van der Waals surface area contributed by atoms with E-state index in [2.05, 4.69) is 45.7 Å². The van der Waals surface area contributed by atoms with Gasteiger partial charge in [-0.2, -0.15) is 0 Å². The summed E-state index contributed by atoms with van der Waals surface area (Å²) in [5.41, 5.74) is 9.10. The average Bonchev–Trinajstić information content (AvgIpc) is 4.08. The number of nitrogens with one attached hydrogen (secondary N) is 2. The number of likely N-dealkylation sites (tertiary alicyclic amines) is 1. The highest BCUT2D eigenvalue weighted by molar-refractivity contribution is 7.22. The van der Waals surface area contributed by atoms with E-state index in [1.165, 1.54) is 4.90 Å². The number of unbranched alkanes of at least 4 members (excludes halogenated alkanes) is 1. The van der Waals surface area contributed by atoms with Crippen molar-refractivity contribution in [2.45, 2.75) is 92.3 Å². The molecule has 7 rings (SSSR count). The second-order valence-electron chi connectivity index (χ2n) is 15.9. The minimum atomic E-state index is -0.427. The highest BCUT2D eigenvalue weighted by Gasteiger charge is 2.29. The number of hydrogen-bond acceptors (Lipinski definition) is 13. The molecule has 328 valence electrons. The first kappa shape index (κ1) is 45.7. The predicted molar refractivity (Wildman–Crippen MR) is 246 cm³/mol. The molecule has 0 radical (unpaired) electrons. The van der Waals surface area contributed by atoms with Crippen molar-refractivity contribution in [2.24, 2.45) is 5.92 Å². The van der Waals surface area contributed by atoms with Crippen molar-refractivity contribution < 1.29 is 28.4 Å². The van der Waals surface area contributed by atoms with Gasteiger partial charge in [0.2, 0.25) is 12.3 Å². The summed E-state index contributed by atoms with van der Waals surface area (Å²) in [6, 6.07) is 15.6. The first-order valence-corrected chi connectivity index (χ1v) is 22.7. The third-order valence-electron chi connectivity index (χ3n) is 10.1. The van der Waals surface area contributed by atoms with Gasteiger partial charge in [-0.05, 0) is 94.7 Å². The average molecular weight is 881 g/mol. The summed E-state index contributed by atoms with van der Waals surface area (Å²) in [6.45, 7) is 14.1. The van der Waals surface area contributed by atoms with Crippen LogP contribution in [0.5, 0.6) is 5.75 Å². The molecule has 1 unspecified atom stereocenters. The quantitative estimate of drug-likeness (QED) is 0.0662.